The van der Waals surface area contributed by atoms with Crippen LogP contribution in [0.4, 0.5) is 0 Å². The smallest absolute Gasteiger partial charge is 0.241 e. The molecule has 1 unspecified atom stereocenters. The van der Waals surface area contributed by atoms with Crippen LogP contribution in [0.25, 0.3) is 10.2 Å². The molecule has 2 aromatic carbocycles. The van der Waals surface area contributed by atoms with E-state index in [2.05, 4.69) is 9.71 Å². The van der Waals surface area contributed by atoms with Crippen LogP contribution in [-0.4, -0.2) is 20.0 Å². The van der Waals surface area contributed by atoms with Gasteiger partial charge in [-0.3, -0.25) is 0 Å². The molecule has 138 valence electrons. The van der Waals surface area contributed by atoms with E-state index in [1.165, 1.54) is 11.3 Å². The SMILES string of the molecule is CCOc1ccc2nc(C(C)(CC)NS(=O)(=O)c3ccccc3)sc2c1. The second-order valence-corrected chi connectivity index (χ2v) is 8.90. The van der Waals surface area contributed by atoms with E-state index < -0.39 is 15.6 Å². The number of fused-ring (bicyclic) bond motifs is 1. The van der Waals surface area contributed by atoms with Gasteiger partial charge in [0.2, 0.25) is 10.0 Å². The summed E-state index contributed by atoms with van der Waals surface area (Å²) in [7, 11) is -3.64. The van der Waals surface area contributed by atoms with Gasteiger partial charge in [-0.2, -0.15) is 4.72 Å². The summed E-state index contributed by atoms with van der Waals surface area (Å²) in [5, 5.41) is 0.739. The Morgan fingerprint density at radius 3 is 2.54 bits per heavy atom. The van der Waals surface area contributed by atoms with Crippen LogP contribution in [0.15, 0.2) is 53.4 Å². The second kappa shape index (κ2) is 7.34. The standard InChI is InChI=1S/C19H22N2O3S2/c1-4-19(3,21-26(22,23)15-9-7-6-8-10-15)18-20-16-12-11-14(24-5-2)13-17(16)25-18/h6-13,21H,4-5H2,1-3H3. The van der Waals surface area contributed by atoms with E-state index >= 15 is 0 Å². The molecular weight excluding hydrogens is 368 g/mol. The Kier molecular flexibility index (Phi) is 5.32. The normalized spacial score (nSPS) is 14.3. The van der Waals surface area contributed by atoms with Crippen molar-refractivity contribution in [1.82, 2.24) is 9.71 Å². The Labute approximate surface area is 158 Å². The van der Waals surface area contributed by atoms with Gasteiger partial charge >= 0.3 is 0 Å². The molecule has 1 heterocycles. The number of nitrogens with one attached hydrogen (secondary N) is 1. The maximum Gasteiger partial charge on any atom is 0.241 e. The van der Waals surface area contributed by atoms with E-state index in [0.717, 1.165) is 21.0 Å². The van der Waals surface area contributed by atoms with Crippen LogP contribution in [0, 0.1) is 0 Å². The molecule has 0 saturated carbocycles. The summed E-state index contributed by atoms with van der Waals surface area (Å²) in [6, 6.07) is 14.1. The summed E-state index contributed by atoms with van der Waals surface area (Å²) in [6.07, 6.45) is 0.581. The Balaban J connectivity index is 1.97. The molecule has 1 atom stereocenters. The minimum Gasteiger partial charge on any atom is -0.494 e. The molecule has 5 nitrogen and oxygen atoms in total. The van der Waals surface area contributed by atoms with Gasteiger partial charge in [0.1, 0.15) is 10.8 Å². The van der Waals surface area contributed by atoms with Gasteiger partial charge in [-0.25, -0.2) is 13.4 Å². The third kappa shape index (κ3) is 3.75. The Morgan fingerprint density at radius 2 is 1.88 bits per heavy atom. The van der Waals surface area contributed by atoms with E-state index in [9.17, 15) is 8.42 Å². The molecular formula is C19H22N2O3S2. The zero-order valence-corrected chi connectivity index (χ0v) is 16.7. The fraction of sp³-hybridized carbons (Fsp3) is 0.316. The lowest BCUT2D eigenvalue weighted by Gasteiger charge is -2.27. The number of hydrogen-bond acceptors (Lipinski definition) is 5. The summed E-state index contributed by atoms with van der Waals surface area (Å²) < 4.78 is 34.9. The third-order valence-electron chi connectivity index (χ3n) is 4.26. The first-order chi connectivity index (χ1) is 12.4. The number of aromatic nitrogens is 1. The molecule has 0 aliphatic heterocycles. The summed E-state index contributed by atoms with van der Waals surface area (Å²) in [5.41, 5.74) is 0.0523. The summed E-state index contributed by atoms with van der Waals surface area (Å²) in [5.74, 6) is 0.790. The fourth-order valence-corrected chi connectivity index (χ4v) is 5.32. The lowest BCUT2D eigenvalue weighted by atomic mass is 10.0. The molecule has 0 bridgehead atoms. The highest BCUT2D eigenvalue weighted by Crippen LogP contribution is 2.35. The zero-order chi connectivity index (χ0) is 18.8. The highest BCUT2D eigenvalue weighted by atomic mass is 32.2. The lowest BCUT2D eigenvalue weighted by Crippen LogP contribution is -2.42. The average Bonchev–Trinajstić information content (AvgIpc) is 3.06. The Hall–Kier alpha value is -1.96. The summed E-state index contributed by atoms with van der Waals surface area (Å²) in [6.45, 7) is 6.36. The van der Waals surface area contributed by atoms with Crippen LogP contribution in [0.1, 0.15) is 32.2 Å². The van der Waals surface area contributed by atoms with Gasteiger partial charge in [0.25, 0.3) is 0 Å². The number of nitrogens with zero attached hydrogens (tertiary/aromatic N) is 1. The van der Waals surface area contributed by atoms with Crippen LogP contribution in [0.2, 0.25) is 0 Å². The lowest BCUT2D eigenvalue weighted by molar-refractivity contribution is 0.341. The van der Waals surface area contributed by atoms with Gasteiger partial charge in [0.05, 0.1) is 27.3 Å². The van der Waals surface area contributed by atoms with Crippen molar-refractivity contribution in [3.63, 3.8) is 0 Å². The molecule has 0 aliphatic carbocycles. The monoisotopic (exact) mass is 390 g/mol. The van der Waals surface area contributed by atoms with Crippen LogP contribution < -0.4 is 9.46 Å². The molecule has 3 rings (SSSR count). The number of ether oxygens (including phenoxy) is 1. The minimum atomic E-state index is -3.64. The Morgan fingerprint density at radius 1 is 1.15 bits per heavy atom. The van der Waals surface area contributed by atoms with Crippen molar-refractivity contribution in [3.8, 4) is 5.75 Å². The van der Waals surface area contributed by atoms with E-state index in [1.54, 1.807) is 30.3 Å². The first-order valence-electron chi connectivity index (χ1n) is 8.51. The molecule has 7 heteroatoms. The molecule has 0 aliphatic rings. The van der Waals surface area contributed by atoms with Crippen molar-refractivity contribution >= 4 is 31.6 Å². The molecule has 3 aromatic rings. The van der Waals surface area contributed by atoms with Gasteiger partial charge < -0.3 is 4.74 Å². The number of rotatable bonds is 7. The average molecular weight is 391 g/mol. The van der Waals surface area contributed by atoms with Gasteiger partial charge in [-0.1, -0.05) is 25.1 Å². The topological polar surface area (TPSA) is 68.3 Å². The van der Waals surface area contributed by atoms with E-state index in [4.69, 9.17) is 4.74 Å². The molecule has 0 amide bonds. The van der Waals surface area contributed by atoms with Crippen molar-refractivity contribution in [2.75, 3.05) is 6.61 Å². The predicted octanol–water partition coefficient (Wildman–Crippen LogP) is 4.30. The van der Waals surface area contributed by atoms with E-state index in [1.807, 2.05) is 39.0 Å². The van der Waals surface area contributed by atoms with Crippen molar-refractivity contribution in [1.29, 1.82) is 0 Å². The number of sulfonamides is 1. The van der Waals surface area contributed by atoms with Crippen LogP contribution in [-0.2, 0) is 15.6 Å². The van der Waals surface area contributed by atoms with Crippen LogP contribution in [0.5, 0.6) is 5.75 Å². The van der Waals surface area contributed by atoms with E-state index in [0.29, 0.717) is 13.0 Å². The number of hydrogen-bond donors (Lipinski definition) is 1. The second-order valence-electron chi connectivity index (χ2n) is 6.19. The van der Waals surface area contributed by atoms with Gasteiger partial charge in [0.15, 0.2) is 0 Å². The van der Waals surface area contributed by atoms with Crippen molar-refractivity contribution in [2.45, 2.75) is 37.6 Å². The minimum absolute atomic E-state index is 0.249. The quantitative estimate of drug-likeness (QED) is 0.653. The van der Waals surface area contributed by atoms with Crippen molar-refractivity contribution in [2.24, 2.45) is 0 Å². The largest absolute Gasteiger partial charge is 0.494 e. The molecule has 0 saturated heterocycles. The fourth-order valence-electron chi connectivity index (χ4n) is 2.62. The highest BCUT2D eigenvalue weighted by molar-refractivity contribution is 7.89. The van der Waals surface area contributed by atoms with Gasteiger partial charge in [0, 0.05) is 0 Å². The Bertz CT molecular complexity index is 1000. The molecule has 0 spiro atoms. The third-order valence-corrected chi connectivity index (χ3v) is 7.16. The molecule has 0 fully saturated rings. The predicted molar refractivity (Wildman–Crippen MR) is 105 cm³/mol. The summed E-state index contributed by atoms with van der Waals surface area (Å²) in [4.78, 5) is 4.92. The zero-order valence-electron chi connectivity index (χ0n) is 15.0. The van der Waals surface area contributed by atoms with Crippen molar-refractivity contribution < 1.29 is 13.2 Å². The van der Waals surface area contributed by atoms with E-state index in [-0.39, 0.29) is 4.90 Å². The summed E-state index contributed by atoms with van der Waals surface area (Å²) >= 11 is 1.49. The molecule has 1 aromatic heterocycles. The number of benzene rings is 2. The molecule has 0 radical (unpaired) electrons. The van der Waals surface area contributed by atoms with Crippen LogP contribution in [0.3, 0.4) is 0 Å². The molecule has 26 heavy (non-hydrogen) atoms. The number of thiazole rings is 1. The van der Waals surface area contributed by atoms with Crippen LogP contribution >= 0.6 is 11.3 Å². The first kappa shape index (κ1) is 18.8. The maximum atomic E-state index is 12.8. The highest BCUT2D eigenvalue weighted by Gasteiger charge is 2.33. The first-order valence-corrected chi connectivity index (χ1v) is 10.8. The van der Waals surface area contributed by atoms with Gasteiger partial charge in [-0.05, 0) is 50.6 Å². The maximum absolute atomic E-state index is 12.8. The molecule has 1 N–H and O–H groups in total. The van der Waals surface area contributed by atoms with Crippen molar-refractivity contribution in [3.05, 3.63) is 53.5 Å². The van der Waals surface area contributed by atoms with Gasteiger partial charge in [-0.15, -0.1) is 11.3 Å².